The Morgan fingerprint density at radius 2 is 2.03 bits per heavy atom. The van der Waals surface area contributed by atoms with Crippen molar-refractivity contribution in [2.24, 2.45) is 12.8 Å². The predicted molar refractivity (Wildman–Crippen MR) is 111 cm³/mol. The highest BCUT2D eigenvalue weighted by molar-refractivity contribution is 5.77. The van der Waals surface area contributed by atoms with E-state index in [4.69, 9.17) is 10.7 Å². The van der Waals surface area contributed by atoms with Gasteiger partial charge in [0.25, 0.3) is 0 Å². The first-order valence-corrected chi connectivity index (χ1v) is 10.1. The summed E-state index contributed by atoms with van der Waals surface area (Å²) in [5.74, 6) is 0. The van der Waals surface area contributed by atoms with Crippen LogP contribution in [0.3, 0.4) is 0 Å². The van der Waals surface area contributed by atoms with Crippen molar-refractivity contribution >= 4 is 5.52 Å². The third kappa shape index (κ3) is 3.06. The molecule has 5 rings (SSSR count). The topological polar surface area (TPSA) is 116 Å². The van der Waals surface area contributed by atoms with Crippen LogP contribution in [0.4, 0.5) is 0 Å². The smallest absolute Gasteiger partial charge is 0.112 e. The lowest BCUT2D eigenvalue weighted by atomic mass is 9.78. The Bertz CT molecular complexity index is 1230. The van der Waals surface area contributed by atoms with E-state index in [1.807, 2.05) is 53.2 Å². The molecule has 9 heteroatoms. The van der Waals surface area contributed by atoms with Crippen molar-refractivity contribution in [3.05, 3.63) is 43.1 Å². The van der Waals surface area contributed by atoms with Crippen molar-refractivity contribution in [1.82, 2.24) is 34.2 Å². The second-order valence-corrected chi connectivity index (χ2v) is 8.08. The largest absolute Gasteiger partial charge is 0.328 e. The van der Waals surface area contributed by atoms with Crippen LogP contribution in [0.25, 0.3) is 28.2 Å². The number of nitriles is 1. The summed E-state index contributed by atoms with van der Waals surface area (Å²) < 4.78 is 5.52. The summed E-state index contributed by atoms with van der Waals surface area (Å²) in [5.41, 5.74) is 9.91. The maximum absolute atomic E-state index is 9.46. The first-order valence-electron chi connectivity index (χ1n) is 10.1. The number of hydrogen-bond acceptors (Lipinski definition) is 6. The van der Waals surface area contributed by atoms with E-state index >= 15 is 0 Å². The van der Waals surface area contributed by atoms with Gasteiger partial charge in [0.1, 0.15) is 11.4 Å². The fourth-order valence-electron chi connectivity index (χ4n) is 4.33. The summed E-state index contributed by atoms with van der Waals surface area (Å²) in [6.07, 6.45) is 13.3. The Labute approximate surface area is 173 Å². The van der Waals surface area contributed by atoms with Crippen LogP contribution in [-0.2, 0) is 12.6 Å². The van der Waals surface area contributed by atoms with Gasteiger partial charge in [-0.2, -0.15) is 20.6 Å². The predicted octanol–water partition coefficient (Wildman–Crippen LogP) is 2.50. The zero-order valence-corrected chi connectivity index (χ0v) is 16.8. The Balaban J connectivity index is 1.59. The van der Waals surface area contributed by atoms with E-state index in [1.165, 1.54) is 0 Å². The molecule has 0 unspecified atom stereocenters. The van der Waals surface area contributed by atoms with Crippen molar-refractivity contribution in [2.45, 2.75) is 43.7 Å². The lowest BCUT2D eigenvalue weighted by Gasteiger charge is -2.38. The summed E-state index contributed by atoms with van der Waals surface area (Å²) in [7, 11) is 1.88. The van der Waals surface area contributed by atoms with Gasteiger partial charge >= 0.3 is 0 Å². The molecule has 0 aliphatic heterocycles. The SMILES string of the molecule is Cn1ccc(-c2cn3nccc3c(-c3cnn(C4(CC#N)CCC(N)CC4)c3)n2)n1. The molecule has 4 heterocycles. The normalized spacial score (nSPS) is 21.7. The van der Waals surface area contributed by atoms with Crippen molar-refractivity contribution < 1.29 is 0 Å². The van der Waals surface area contributed by atoms with Gasteiger partial charge in [0, 0.05) is 31.0 Å². The molecule has 1 aliphatic rings. The van der Waals surface area contributed by atoms with Gasteiger partial charge in [-0.25, -0.2) is 9.50 Å². The monoisotopic (exact) mass is 401 g/mol. The molecular weight excluding hydrogens is 378 g/mol. The molecule has 0 saturated heterocycles. The summed E-state index contributed by atoms with van der Waals surface area (Å²) in [4.78, 5) is 4.89. The van der Waals surface area contributed by atoms with E-state index in [1.54, 1.807) is 10.9 Å². The van der Waals surface area contributed by atoms with Crippen LogP contribution in [0.15, 0.2) is 43.1 Å². The first-order chi connectivity index (χ1) is 14.6. The Kier molecular flexibility index (Phi) is 4.37. The molecule has 9 nitrogen and oxygen atoms in total. The standard InChI is InChI=1S/C21H23N9/c1-28-11-5-17(27-28)18-14-29-19(4-10-24-29)20(26-18)15-12-25-30(13-15)21(8-9-22)6-2-16(23)3-7-21/h4-5,10-14,16H,2-3,6-8,23H2,1H3. The van der Waals surface area contributed by atoms with Crippen molar-refractivity contribution in [3.8, 4) is 28.7 Å². The van der Waals surface area contributed by atoms with Crippen LogP contribution in [0, 0.1) is 11.3 Å². The van der Waals surface area contributed by atoms with E-state index in [9.17, 15) is 5.26 Å². The molecule has 0 atom stereocenters. The fraction of sp³-hybridized carbons (Fsp3) is 0.381. The molecule has 0 spiro atoms. The second kappa shape index (κ2) is 7.07. The maximum Gasteiger partial charge on any atom is 0.112 e. The van der Waals surface area contributed by atoms with E-state index in [0.29, 0.717) is 6.42 Å². The molecule has 0 radical (unpaired) electrons. The van der Waals surface area contributed by atoms with Crippen LogP contribution in [0.5, 0.6) is 0 Å². The number of aryl methyl sites for hydroxylation is 1. The minimum Gasteiger partial charge on any atom is -0.328 e. The summed E-state index contributed by atoms with van der Waals surface area (Å²) >= 11 is 0. The Hall–Kier alpha value is -3.51. The molecule has 1 aliphatic carbocycles. The van der Waals surface area contributed by atoms with Crippen LogP contribution < -0.4 is 5.73 Å². The van der Waals surface area contributed by atoms with Gasteiger partial charge in [-0.05, 0) is 37.8 Å². The minimum absolute atomic E-state index is 0.204. The van der Waals surface area contributed by atoms with Crippen LogP contribution >= 0.6 is 0 Å². The average Bonchev–Trinajstić information content (AvgIpc) is 3.49. The zero-order chi connectivity index (χ0) is 20.7. The van der Waals surface area contributed by atoms with Gasteiger partial charge in [0.2, 0.25) is 0 Å². The van der Waals surface area contributed by atoms with Gasteiger partial charge in [0.15, 0.2) is 0 Å². The summed E-state index contributed by atoms with van der Waals surface area (Å²) in [5, 5.41) is 23.0. The molecule has 0 amide bonds. The minimum atomic E-state index is -0.308. The quantitative estimate of drug-likeness (QED) is 0.562. The van der Waals surface area contributed by atoms with Crippen LogP contribution in [-0.4, -0.2) is 40.2 Å². The van der Waals surface area contributed by atoms with Gasteiger partial charge in [-0.1, -0.05) is 0 Å². The zero-order valence-electron chi connectivity index (χ0n) is 16.8. The van der Waals surface area contributed by atoms with E-state index in [2.05, 4.69) is 21.4 Å². The second-order valence-electron chi connectivity index (χ2n) is 8.08. The number of hydrogen-bond donors (Lipinski definition) is 1. The van der Waals surface area contributed by atoms with Crippen molar-refractivity contribution in [2.75, 3.05) is 0 Å². The highest BCUT2D eigenvalue weighted by atomic mass is 15.3. The molecule has 30 heavy (non-hydrogen) atoms. The van der Waals surface area contributed by atoms with Gasteiger partial charge in [0.05, 0.1) is 47.8 Å². The van der Waals surface area contributed by atoms with Crippen molar-refractivity contribution in [1.29, 1.82) is 5.26 Å². The number of fused-ring (bicyclic) bond motifs is 1. The molecule has 1 fully saturated rings. The third-order valence-corrected chi connectivity index (χ3v) is 6.08. The van der Waals surface area contributed by atoms with Gasteiger partial charge in [-0.3, -0.25) is 9.36 Å². The molecule has 4 aromatic heterocycles. The first kappa shape index (κ1) is 18.5. The third-order valence-electron chi connectivity index (χ3n) is 6.08. The molecule has 152 valence electrons. The fourth-order valence-corrected chi connectivity index (χ4v) is 4.33. The molecule has 4 aromatic rings. The van der Waals surface area contributed by atoms with E-state index in [-0.39, 0.29) is 11.6 Å². The molecule has 1 saturated carbocycles. The Morgan fingerprint density at radius 1 is 1.20 bits per heavy atom. The van der Waals surface area contributed by atoms with Gasteiger partial charge in [-0.15, -0.1) is 0 Å². The molecule has 0 bridgehead atoms. The number of nitrogens with two attached hydrogens (primary N) is 1. The molecule has 2 N–H and O–H groups in total. The van der Waals surface area contributed by atoms with Gasteiger partial charge < -0.3 is 5.73 Å². The number of aromatic nitrogens is 7. The molecular formula is C21H23N9. The summed E-state index contributed by atoms with van der Waals surface area (Å²) in [6.45, 7) is 0. The number of rotatable bonds is 4. The Morgan fingerprint density at radius 3 is 2.77 bits per heavy atom. The highest BCUT2D eigenvalue weighted by Gasteiger charge is 2.37. The van der Waals surface area contributed by atoms with Crippen LogP contribution in [0.1, 0.15) is 32.1 Å². The van der Waals surface area contributed by atoms with Crippen LogP contribution in [0.2, 0.25) is 0 Å². The lowest BCUT2D eigenvalue weighted by molar-refractivity contribution is 0.166. The van der Waals surface area contributed by atoms with Crippen molar-refractivity contribution in [3.63, 3.8) is 0 Å². The average molecular weight is 401 g/mol. The summed E-state index contributed by atoms with van der Waals surface area (Å²) in [6, 6.07) is 6.43. The maximum atomic E-state index is 9.46. The highest BCUT2D eigenvalue weighted by Crippen LogP contribution is 2.38. The lowest BCUT2D eigenvalue weighted by Crippen LogP contribution is -2.41. The van der Waals surface area contributed by atoms with E-state index < -0.39 is 0 Å². The number of nitrogens with zero attached hydrogens (tertiary/aromatic N) is 8. The van der Waals surface area contributed by atoms with E-state index in [0.717, 1.165) is 53.8 Å². The molecule has 0 aromatic carbocycles.